The minimum atomic E-state index is 0.510. The highest BCUT2D eigenvalue weighted by atomic mass is 16.5. The maximum absolute atomic E-state index is 5.36. The van der Waals surface area contributed by atoms with Gasteiger partial charge in [-0.05, 0) is 24.8 Å². The smallest absolute Gasteiger partial charge is 0.129 e. The van der Waals surface area contributed by atoms with Gasteiger partial charge in [0.05, 0.1) is 12.9 Å². The van der Waals surface area contributed by atoms with E-state index >= 15 is 0 Å². The predicted octanol–water partition coefficient (Wildman–Crippen LogP) is 1.57. The Morgan fingerprint density at radius 2 is 2.54 bits per heavy atom. The first kappa shape index (κ1) is 10.0. The van der Waals surface area contributed by atoms with Crippen molar-refractivity contribution < 1.29 is 9.15 Å². The first-order valence-electron chi connectivity index (χ1n) is 4.24. The van der Waals surface area contributed by atoms with Crippen molar-refractivity contribution in [3.05, 3.63) is 36.3 Å². The second-order valence-corrected chi connectivity index (χ2v) is 2.85. The Kier molecular flexibility index (Phi) is 4.29. The van der Waals surface area contributed by atoms with Gasteiger partial charge in [0.15, 0.2) is 0 Å². The van der Waals surface area contributed by atoms with Gasteiger partial charge in [-0.25, -0.2) is 0 Å². The average Bonchev–Trinajstić information content (AvgIpc) is 2.57. The number of nitrogens with one attached hydrogen (secondary N) is 1. The van der Waals surface area contributed by atoms with Crippen LogP contribution in [0.2, 0.25) is 0 Å². The third-order valence-corrected chi connectivity index (χ3v) is 1.56. The molecule has 1 heterocycles. The van der Waals surface area contributed by atoms with Crippen LogP contribution in [0.3, 0.4) is 0 Å². The van der Waals surface area contributed by atoms with Gasteiger partial charge >= 0.3 is 0 Å². The SMILES string of the molecule is C=C(CNC)COCc1ccco1. The zero-order valence-corrected chi connectivity index (χ0v) is 7.88. The fourth-order valence-electron chi connectivity index (χ4n) is 0.992. The Labute approximate surface area is 78.4 Å². The van der Waals surface area contributed by atoms with Crippen LogP contribution in [0, 0.1) is 0 Å². The third-order valence-electron chi connectivity index (χ3n) is 1.56. The van der Waals surface area contributed by atoms with E-state index in [0.717, 1.165) is 17.9 Å². The summed E-state index contributed by atoms with van der Waals surface area (Å²) in [6.07, 6.45) is 1.64. The van der Waals surface area contributed by atoms with Gasteiger partial charge in [-0.1, -0.05) is 6.58 Å². The van der Waals surface area contributed by atoms with Crippen LogP contribution >= 0.6 is 0 Å². The summed E-state index contributed by atoms with van der Waals surface area (Å²) < 4.78 is 10.5. The van der Waals surface area contributed by atoms with Gasteiger partial charge in [-0.3, -0.25) is 0 Å². The molecule has 72 valence electrons. The quantitative estimate of drug-likeness (QED) is 0.676. The summed E-state index contributed by atoms with van der Waals surface area (Å²) in [4.78, 5) is 0. The largest absolute Gasteiger partial charge is 0.467 e. The molecule has 0 spiro atoms. The summed E-state index contributed by atoms with van der Waals surface area (Å²) in [5, 5.41) is 3.01. The molecule has 1 N–H and O–H groups in total. The minimum absolute atomic E-state index is 0.510. The van der Waals surface area contributed by atoms with Crippen LogP contribution in [0.1, 0.15) is 5.76 Å². The summed E-state index contributed by atoms with van der Waals surface area (Å²) in [6, 6.07) is 3.74. The van der Waals surface area contributed by atoms with Crippen molar-refractivity contribution in [1.29, 1.82) is 0 Å². The molecular weight excluding hydrogens is 166 g/mol. The number of rotatable bonds is 6. The topological polar surface area (TPSA) is 34.4 Å². The van der Waals surface area contributed by atoms with Gasteiger partial charge < -0.3 is 14.5 Å². The summed E-state index contributed by atoms with van der Waals surface area (Å²) in [5.41, 5.74) is 1.04. The lowest BCUT2D eigenvalue weighted by Gasteiger charge is -2.04. The number of furan rings is 1. The lowest BCUT2D eigenvalue weighted by Crippen LogP contribution is -2.13. The van der Waals surface area contributed by atoms with Crippen molar-refractivity contribution in [1.82, 2.24) is 5.32 Å². The van der Waals surface area contributed by atoms with E-state index in [2.05, 4.69) is 11.9 Å². The molecule has 1 rings (SSSR count). The number of hydrogen-bond donors (Lipinski definition) is 1. The minimum Gasteiger partial charge on any atom is -0.467 e. The lowest BCUT2D eigenvalue weighted by atomic mass is 10.3. The van der Waals surface area contributed by atoms with E-state index in [1.54, 1.807) is 6.26 Å². The fraction of sp³-hybridized carbons (Fsp3) is 0.400. The first-order chi connectivity index (χ1) is 6.33. The predicted molar refractivity (Wildman–Crippen MR) is 51.4 cm³/mol. The normalized spacial score (nSPS) is 10.2. The molecular formula is C10H15NO2. The second kappa shape index (κ2) is 5.56. The van der Waals surface area contributed by atoms with Crippen LogP contribution in [0.25, 0.3) is 0 Å². The van der Waals surface area contributed by atoms with Crippen LogP contribution in [-0.2, 0) is 11.3 Å². The van der Waals surface area contributed by atoms with Gasteiger partial charge in [0.25, 0.3) is 0 Å². The molecule has 3 heteroatoms. The second-order valence-electron chi connectivity index (χ2n) is 2.85. The molecule has 13 heavy (non-hydrogen) atoms. The summed E-state index contributed by atoms with van der Waals surface area (Å²) in [5.74, 6) is 0.845. The Morgan fingerprint density at radius 3 is 3.15 bits per heavy atom. The molecule has 1 aromatic heterocycles. The highest BCUT2D eigenvalue weighted by molar-refractivity contribution is 4.98. The number of hydrogen-bond acceptors (Lipinski definition) is 3. The van der Waals surface area contributed by atoms with E-state index in [1.165, 1.54) is 0 Å². The molecule has 0 aromatic carbocycles. The molecule has 0 radical (unpaired) electrons. The highest BCUT2D eigenvalue weighted by Gasteiger charge is 1.96. The molecule has 0 unspecified atom stereocenters. The monoisotopic (exact) mass is 181 g/mol. The molecule has 3 nitrogen and oxygen atoms in total. The zero-order valence-electron chi connectivity index (χ0n) is 7.88. The van der Waals surface area contributed by atoms with Crippen LogP contribution in [0.15, 0.2) is 35.0 Å². The van der Waals surface area contributed by atoms with Crippen molar-refractivity contribution in [3.8, 4) is 0 Å². The maximum atomic E-state index is 5.36. The molecule has 0 aliphatic carbocycles. The van der Waals surface area contributed by atoms with Crippen LogP contribution in [0.5, 0.6) is 0 Å². The fourth-order valence-corrected chi connectivity index (χ4v) is 0.992. The standard InChI is InChI=1S/C10H15NO2/c1-9(6-11-2)7-12-8-10-4-3-5-13-10/h3-5,11H,1,6-8H2,2H3. The van der Waals surface area contributed by atoms with Gasteiger partial charge in [-0.2, -0.15) is 0 Å². The third kappa shape index (κ3) is 3.92. The van der Waals surface area contributed by atoms with Crippen LogP contribution in [-0.4, -0.2) is 20.2 Å². The molecule has 0 bridgehead atoms. The van der Waals surface area contributed by atoms with E-state index in [-0.39, 0.29) is 0 Å². The van der Waals surface area contributed by atoms with Gasteiger partial charge in [0.1, 0.15) is 12.4 Å². The molecule has 0 fully saturated rings. The van der Waals surface area contributed by atoms with E-state index < -0.39 is 0 Å². The summed E-state index contributed by atoms with van der Waals surface area (Å²) in [7, 11) is 1.89. The Balaban J connectivity index is 2.11. The van der Waals surface area contributed by atoms with Crippen molar-refractivity contribution in [2.75, 3.05) is 20.2 Å². The van der Waals surface area contributed by atoms with E-state index in [1.807, 2.05) is 19.2 Å². The Hall–Kier alpha value is -1.06. The molecule has 0 saturated carbocycles. The lowest BCUT2D eigenvalue weighted by molar-refractivity contribution is 0.125. The molecule has 0 aliphatic heterocycles. The number of ether oxygens (including phenoxy) is 1. The zero-order chi connectivity index (χ0) is 9.52. The molecule has 0 aliphatic rings. The van der Waals surface area contributed by atoms with Crippen LogP contribution in [0.4, 0.5) is 0 Å². The van der Waals surface area contributed by atoms with Crippen molar-refractivity contribution in [2.45, 2.75) is 6.61 Å². The molecule has 0 amide bonds. The van der Waals surface area contributed by atoms with Crippen molar-refractivity contribution in [3.63, 3.8) is 0 Å². The van der Waals surface area contributed by atoms with Crippen molar-refractivity contribution >= 4 is 0 Å². The first-order valence-corrected chi connectivity index (χ1v) is 4.24. The highest BCUT2D eigenvalue weighted by Crippen LogP contribution is 2.02. The molecule has 0 saturated heterocycles. The van der Waals surface area contributed by atoms with Gasteiger partial charge in [0, 0.05) is 6.54 Å². The van der Waals surface area contributed by atoms with Gasteiger partial charge in [-0.15, -0.1) is 0 Å². The summed E-state index contributed by atoms with van der Waals surface area (Å²) >= 11 is 0. The number of likely N-dealkylation sites (N-methyl/N-ethyl adjacent to an activating group) is 1. The van der Waals surface area contributed by atoms with E-state index in [0.29, 0.717) is 13.2 Å². The average molecular weight is 181 g/mol. The molecule has 0 atom stereocenters. The summed E-state index contributed by atoms with van der Waals surface area (Å²) in [6.45, 7) is 5.72. The van der Waals surface area contributed by atoms with Crippen molar-refractivity contribution in [2.24, 2.45) is 0 Å². The van der Waals surface area contributed by atoms with E-state index in [9.17, 15) is 0 Å². The van der Waals surface area contributed by atoms with Crippen LogP contribution < -0.4 is 5.32 Å². The Bertz CT molecular complexity index is 241. The maximum Gasteiger partial charge on any atom is 0.129 e. The Morgan fingerprint density at radius 1 is 1.69 bits per heavy atom. The van der Waals surface area contributed by atoms with E-state index in [4.69, 9.17) is 9.15 Å². The van der Waals surface area contributed by atoms with Gasteiger partial charge in [0.2, 0.25) is 0 Å². The molecule has 1 aromatic rings.